The summed E-state index contributed by atoms with van der Waals surface area (Å²) in [6.07, 6.45) is 3.78. The van der Waals surface area contributed by atoms with Gasteiger partial charge in [0.25, 0.3) is 0 Å². The highest BCUT2D eigenvalue weighted by molar-refractivity contribution is 14.1. The van der Waals surface area contributed by atoms with Gasteiger partial charge >= 0.3 is 0 Å². The van der Waals surface area contributed by atoms with Gasteiger partial charge in [-0.2, -0.15) is 0 Å². The zero-order valence-electron chi connectivity index (χ0n) is 12.6. The summed E-state index contributed by atoms with van der Waals surface area (Å²) >= 11 is 2.31. The third-order valence-corrected chi connectivity index (χ3v) is 4.61. The fourth-order valence-electron chi connectivity index (χ4n) is 3.13. The third-order valence-electron chi connectivity index (χ3n) is 3.90. The lowest BCUT2D eigenvalue weighted by molar-refractivity contribution is 0.136. The summed E-state index contributed by atoms with van der Waals surface area (Å²) in [4.78, 5) is 2.63. The van der Waals surface area contributed by atoms with Crippen molar-refractivity contribution >= 4 is 22.6 Å². The predicted molar refractivity (Wildman–Crippen MR) is 93.3 cm³/mol. The summed E-state index contributed by atoms with van der Waals surface area (Å²) in [5, 5.41) is 0. The molecule has 20 heavy (non-hydrogen) atoms. The second kappa shape index (κ2) is 8.23. The lowest BCUT2D eigenvalue weighted by Gasteiger charge is -2.34. The van der Waals surface area contributed by atoms with Crippen LogP contribution in [0.5, 0.6) is 5.75 Å². The van der Waals surface area contributed by atoms with Crippen molar-refractivity contribution in [3.05, 3.63) is 27.8 Å². The normalized spacial score (nSPS) is 23.8. The average Bonchev–Trinajstić information content (AvgIpc) is 2.39. The second-order valence-electron chi connectivity index (χ2n) is 6.22. The number of benzene rings is 1. The van der Waals surface area contributed by atoms with Gasteiger partial charge in [-0.25, -0.2) is 0 Å². The molecule has 0 saturated carbocycles. The molecule has 1 saturated heterocycles. The van der Waals surface area contributed by atoms with E-state index in [2.05, 4.69) is 65.6 Å². The molecule has 0 bridgehead atoms. The molecule has 2 nitrogen and oxygen atoms in total. The summed E-state index contributed by atoms with van der Waals surface area (Å²) in [5.74, 6) is 2.72. The molecule has 1 fully saturated rings. The van der Waals surface area contributed by atoms with Gasteiger partial charge in [-0.3, -0.25) is 0 Å². The van der Waals surface area contributed by atoms with Gasteiger partial charge in [0.2, 0.25) is 0 Å². The highest BCUT2D eigenvalue weighted by Crippen LogP contribution is 2.21. The second-order valence-corrected chi connectivity index (χ2v) is 7.46. The Morgan fingerprint density at radius 2 is 1.75 bits per heavy atom. The predicted octanol–water partition coefficient (Wildman–Crippen LogP) is 4.43. The van der Waals surface area contributed by atoms with E-state index < -0.39 is 0 Å². The van der Waals surface area contributed by atoms with Crippen molar-refractivity contribution in [2.75, 3.05) is 26.2 Å². The number of rotatable bonds is 6. The van der Waals surface area contributed by atoms with E-state index in [0.29, 0.717) is 0 Å². The summed E-state index contributed by atoms with van der Waals surface area (Å²) in [6, 6.07) is 8.28. The van der Waals surface area contributed by atoms with E-state index in [0.717, 1.165) is 30.6 Å². The molecule has 0 amide bonds. The van der Waals surface area contributed by atoms with Crippen molar-refractivity contribution in [3.63, 3.8) is 0 Å². The third kappa shape index (κ3) is 5.60. The van der Waals surface area contributed by atoms with Crippen molar-refractivity contribution in [2.24, 2.45) is 11.8 Å². The summed E-state index contributed by atoms with van der Waals surface area (Å²) in [6.45, 7) is 9.37. The van der Waals surface area contributed by atoms with E-state index in [1.807, 2.05) is 0 Å². The van der Waals surface area contributed by atoms with E-state index in [1.165, 1.54) is 36.0 Å². The first-order valence-electron chi connectivity index (χ1n) is 7.74. The van der Waals surface area contributed by atoms with Crippen LogP contribution < -0.4 is 4.74 Å². The Balaban J connectivity index is 1.58. The van der Waals surface area contributed by atoms with E-state index in [4.69, 9.17) is 4.74 Å². The first-order chi connectivity index (χ1) is 9.63. The van der Waals surface area contributed by atoms with Gasteiger partial charge in [-0.05, 0) is 84.5 Å². The average molecular weight is 387 g/mol. The molecule has 0 aromatic heterocycles. The molecule has 0 unspecified atom stereocenters. The number of ether oxygens (including phenoxy) is 1. The van der Waals surface area contributed by atoms with E-state index in [9.17, 15) is 0 Å². The maximum absolute atomic E-state index is 5.77. The van der Waals surface area contributed by atoms with E-state index in [-0.39, 0.29) is 0 Å². The van der Waals surface area contributed by atoms with Gasteiger partial charge in [-0.1, -0.05) is 13.8 Å². The zero-order chi connectivity index (χ0) is 14.4. The van der Waals surface area contributed by atoms with Crippen molar-refractivity contribution in [3.8, 4) is 5.75 Å². The standard InChI is InChI=1S/C17H26INO/c1-14-11-15(2)13-19(12-14)9-3-4-10-20-17-7-5-16(18)6-8-17/h5-8,14-15H,3-4,9-13H2,1-2H3/t14-,15-/m0/s1. The Hall–Kier alpha value is -0.290. The minimum absolute atomic E-state index is 0.833. The molecule has 0 radical (unpaired) electrons. The Kier molecular flexibility index (Phi) is 6.62. The molecule has 1 heterocycles. The maximum Gasteiger partial charge on any atom is 0.119 e. The minimum atomic E-state index is 0.833. The molecule has 1 aliphatic rings. The van der Waals surface area contributed by atoms with Crippen LogP contribution in [0, 0.1) is 15.4 Å². The van der Waals surface area contributed by atoms with Crippen LogP contribution in [0.1, 0.15) is 33.1 Å². The fourth-order valence-corrected chi connectivity index (χ4v) is 3.49. The highest BCUT2D eigenvalue weighted by Gasteiger charge is 2.20. The number of halogens is 1. The Morgan fingerprint density at radius 3 is 2.40 bits per heavy atom. The number of likely N-dealkylation sites (tertiary alicyclic amines) is 1. The fraction of sp³-hybridized carbons (Fsp3) is 0.647. The topological polar surface area (TPSA) is 12.5 Å². The van der Waals surface area contributed by atoms with Crippen LogP contribution >= 0.6 is 22.6 Å². The summed E-state index contributed by atoms with van der Waals surface area (Å²) in [5.41, 5.74) is 0. The van der Waals surface area contributed by atoms with Crippen molar-refractivity contribution in [2.45, 2.75) is 33.1 Å². The quantitative estimate of drug-likeness (QED) is 0.529. The van der Waals surface area contributed by atoms with Crippen molar-refractivity contribution in [1.29, 1.82) is 0 Å². The van der Waals surface area contributed by atoms with E-state index in [1.54, 1.807) is 0 Å². The Labute approximate surface area is 137 Å². The Morgan fingerprint density at radius 1 is 1.10 bits per heavy atom. The van der Waals surface area contributed by atoms with Gasteiger partial charge in [-0.15, -0.1) is 0 Å². The molecular weight excluding hydrogens is 361 g/mol. The monoisotopic (exact) mass is 387 g/mol. The molecule has 1 aliphatic heterocycles. The molecule has 1 aromatic carbocycles. The number of unbranched alkanes of at least 4 members (excludes halogenated alkanes) is 1. The molecule has 1 aromatic rings. The van der Waals surface area contributed by atoms with E-state index >= 15 is 0 Å². The smallest absolute Gasteiger partial charge is 0.119 e. The summed E-state index contributed by atoms with van der Waals surface area (Å²) in [7, 11) is 0. The number of piperidine rings is 1. The number of hydrogen-bond donors (Lipinski definition) is 0. The Bertz CT molecular complexity index is 382. The first-order valence-corrected chi connectivity index (χ1v) is 8.82. The molecule has 2 rings (SSSR count). The maximum atomic E-state index is 5.77. The van der Waals surface area contributed by atoms with Gasteiger partial charge in [0.05, 0.1) is 6.61 Å². The van der Waals surface area contributed by atoms with Gasteiger partial charge in [0, 0.05) is 16.7 Å². The SMILES string of the molecule is C[C@H]1C[C@H](C)CN(CCCCOc2ccc(I)cc2)C1. The van der Waals surface area contributed by atoms with Gasteiger partial charge < -0.3 is 9.64 Å². The molecule has 0 N–H and O–H groups in total. The largest absolute Gasteiger partial charge is 0.494 e. The lowest BCUT2D eigenvalue weighted by Crippen LogP contribution is -2.39. The minimum Gasteiger partial charge on any atom is -0.494 e. The lowest BCUT2D eigenvalue weighted by atomic mass is 9.92. The summed E-state index contributed by atoms with van der Waals surface area (Å²) < 4.78 is 7.02. The number of hydrogen-bond acceptors (Lipinski definition) is 2. The van der Waals surface area contributed by atoms with Crippen LogP contribution in [0.25, 0.3) is 0 Å². The van der Waals surface area contributed by atoms with Crippen LogP contribution in [0.3, 0.4) is 0 Å². The van der Waals surface area contributed by atoms with Crippen LogP contribution in [0.2, 0.25) is 0 Å². The molecular formula is C17H26INO. The molecule has 112 valence electrons. The van der Waals surface area contributed by atoms with Crippen molar-refractivity contribution in [1.82, 2.24) is 4.90 Å². The molecule has 0 aliphatic carbocycles. The zero-order valence-corrected chi connectivity index (χ0v) is 14.8. The van der Waals surface area contributed by atoms with Crippen LogP contribution in [-0.2, 0) is 0 Å². The highest BCUT2D eigenvalue weighted by atomic mass is 127. The van der Waals surface area contributed by atoms with Crippen LogP contribution in [0.4, 0.5) is 0 Å². The molecule has 3 heteroatoms. The molecule has 2 atom stereocenters. The van der Waals surface area contributed by atoms with Crippen LogP contribution in [-0.4, -0.2) is 31.1 Å². The molecule has 0 spiro atoms. The van der Waals surface area contributed by atoms with Gasteiger partial charge in [0.1, 0.15) is 5.75 Å². The van der Waals surface area contributed by atoms with Crippen LogP contribution in [0.15, 0.2) is 24.3 Å². The first kappa shape index (κ1) is 16.1. The number of nitrogens with zero attached hydrogens (tertiary/aromatic N) is 1. The van der Waals surface area contributed by atoms with Crippen molar-refractivity contribution < 1.29 is 4.74 Å². The van der Waals surface area contributed by atoms with Gasteiger partial charge in [0.15, 0.2) is 0 Å².